The maximum Gasteiger partial charge on any atom is 0.345 e. The predicted molar refractivity (Wildman–Crippen MR) is 79.2 cm³/mol. The minimum Gasteiger partial charge on any atom is -0.477 e. The lowest BCUT2D eigenvalue weighted by molar-refractivity contribution is 0.0702. The number of anilines is 1. The molecular weight excluding hydrogens is 258 g/mol. The van der Waals surface area contributed by atoms with Crippen molar-refractivity contribution in [2.45, 2.75) is 20.4 Å². The Hall–Kier alpha value is -1.81. The standard InChI is InChI=1S/C15H17NO2S/c1-3-16(13-7-5-4-6-8-13)10-12-9-14(15(17)18)19-11(12)2/h4-9H,3,10H2,1-2H3,(H,17,18). The number of hydrogen-bond donors (Lipinski definition) is 1. The molecule has 19 heavy (non-hydrogen) atoms. The summed E-state index contributed by atoms with van der Waals surface area (Å²) in [6, 6.07) is 12.0. The number of aryl methyl sites for hydroxylation is 1. The zero-order valence-electron chi connectivity index (χ0n) is 11.1. The van der Waals surface area contributed by atoms with Crippen LogP contribution in [0.5, 0.6) is 0 Å². The van der Waals surface area contributed by atoms with E-state index >= 15 is 0 Å². The van der Waals surface area contributed by atoms with Gasteiger partial charge in [0.15, 0.2) is 0 Å². The molecule has 2 rings (SSSR count). The van der Waals surface area contributed by atoms with Gasteiger partial charge in [-0.25, -0.2) is 4.79 Å². The molecule has 1 N–H and O–H groups in total. The average Bonchev–Trinajstić information content (AvgIpc) is 2.78. The van der Waals surface area contributed by atoms with Crippen LogP contribution in [0.4, 0.5) is 5.69 Å². The van der Waals surface area contributed by atoms with E-state index in [2.05, 4.69) is 24.0 Å². The molecule has 0 atom stereocenters. The monoisotopic (exact) mass is 275 g/mol. The molecule has 100 valence electrons. The highest BCUT2D eigenvalue weighted by Gasteiger charge is 2.13. The Morgan fingerprint density at radius 1 is 1.32 bits per heavy atom. The highest BCUT2D eigenvalue weighted by atomic mass is 32.1. The SMILES string of the molecule is CCN(Cc1cc(C(=O)O)sc1C)c1ccccc1. The van der Waals surface area contributed by atoms with Crippen molar-refractivity contribution in [3.05, 3.63) is 51.7 Å². The van der Waals surface area contributed by atoms with Crippen LogP contribution >= 0.6 is 11.3 Å². The third-order valence-corrected chi connectivity index (χ3v) is 4.18. The summed E-state index contributed by atoms with van der Waals surface area (Å²) in [6.07, 6.45) is 0. The molecule has 1 aromatic carbocycles. The summed E-state index contributed by atoms with van der Waals surface area (Å²) in [5.74, 6) is -0.845. The van der Waals surface area contributed by atoms with Crippen LogP contribution < -0.4 is 4.90 Å². The van der Waals surface area contributed by atoms with E-state index in [1.54, 1.807) is 6.07 Å². The molecule has 0 amide bonds. The number of para-hydroxylation sites is 1. The van der Waals surface area contributed by atoms with Crippen molar-refractivity contribution >= 4 is 23.0 Å². The van der Waals surface area contributed by atoms with E-state index in [1.807, 2.05) is 25.1 Å². The van der Waals surface area contributed by atoms with Crippen LogP contribution in [0.15, 0.2) is 36.4 Å². The molecule has 0 aliphatic carbocycles. The van der Waals surface area contributed by atoms with Gasteiger partial charge >= 0.3 is 5.97 Å². The zero-order valence-corrected chi connectivity index (χ0v) is 11.9. The minimum absolute atomic E-state index is 0.414. The first-order valence-electron chi connectivity index (χ1n) is 6.24. The summed E-state index contributed by atoms with van der Waals surface area (Å²) in [5, 5.41) is 9.03. The number of carboxylic acid groups (broad SMARTS) is 1. The number of aromatic carboxylic acids is 1. The number of carbonyl (C=O) groups is 1. The van der Waals surface area contributed by atoms with Gasteiger partial charge in [0, 0.05) is 23.7 Å². The molecule has 0 saturated heterocycles. The van der Waals surface area contributed by atoms with Crippen LogP contribution in [0.25, 0.3) is 0 Å². The van der Waals surface area contributed by atoms with Crippen molar-refractivity contribution in [1.29, 1.82) is 0 Å². The molecular formula is C15H17NO2S. The number of thiophene rings is 1. The minimum atomic E-state index is -0.845. The normalized spacial score (nSPS) is 10.4. The molecule has 1 heterocycles. The van der Waals surface area contributed by atoms with Crippen molar-refractivity contribution in [3.63, 3.8) is 0 Å². The molecule has 0 unspecified atom stereocenters. The van der Waals surface area contributed by atoms with Crippen molar-refractivity contribution in [1.82, 2.24) is 0 Å². The summed E-state index contributed by atoms with van der Waals surface area (Å²) in [4.78, 5) is 14.7. The first-order chi connectivity index (χ1) is 9.11. The van der Waals surface area contributed by atoms with Gasteiger partial charge < -0.3 is 10.0 Å². The van der Waals surface area contributed by atoms with Crippen molar-refractivity contribution in [2.24, 2.45) is 0 Å². The molecule has 4 heteroatoms. The summed E-state index contributed by atoms with van der Waals surface area (Å²) < 4.78 is 0. The first kappa shape index (κ1) is 13.6. The van der Waals surface area contributed by atoms with Crippen LogP contribution in [0.3, 0.4) is 0 Å². The maximum atomic E-state index is 11.0. The quantitative estimate of drug-likeness (QED) is 0.902. The fraction of sp³-hybridized carbons (Fsp3) is 0.267. The Balaban J connectivity index is 2.21. The molecule has 3 nitrogen and oxygen atoms in total. The van der Waals surface area contributed by atoms with Gasteiger partial charge in [-0.15, -0.1) is 11.3 Å². The third-order valence-electron chi connectivity index (χ3n) is 3.10. The maximum absolute atomic E-state index is 11.0. The van der Waals surface area contributed by atoms with Crippen LogP contribution in [0.2, 0.25) is 0 Å². The van der Waals surface area contributed by atoms with Crippen LogP contribution in [-0.2, 0) is 6.54 Å². The smallest absolute Gasteiger partial charge is 0.345 e. The van der Waals surface area contributed by atoms with E-state index < -0.39 is 5.97 Å². The second-order valence-electron chi connectivity index (χ2n) is 4.35. The lowest BCUT2D eigenvalue weighted by Crippen LogP contribution is -2.21. The second-order valence-corrected chi connectivity index (χ2v) is 5.60. The number of rotatable bonds is 5. The van der Waals surface area contributed by atoms with E-state index in [0.29, 0.717) is 4.88 Å². The van der Waals surface area contributed by atoms with Gasteiger partial charge in [0.2, 0.25) is 0 Å². The van der Waals surface area contributed by atoms with Crippen LogP contribution in [0, 0.1) is 6.92 Å². The zero-order chi connectivity index (χ0) is 13.8. The van der Waals surface area contributed by atoms with Crippen LogP contribution in [0.1, 0.15) is 27.0 Å². The number of nitrogens with zero attached hydrogens (tertiary/aromatic N) is 1. The molecule has 1 aromatic heterocycles. The van der Waals surface area contributed by atoms with E-state index in [1.165, 1.54) is 11.3 Å². The molecule has 0 bridgehead atoms. The van der Waals surface area contributed by atoms with Gasteiger partial charge in [0.25, 0.3) is 0 Å². The molecule has 0 saturated carbocycles. The molecule has 2 aromatic rings. The van der Waals surface area contributed by atoms with Gasteiger partial charge in [-0.3, -0.25) is 0 Å². The third kappa shape index (κ3) is 3.15. The molecule has 0 fully saturated rings. The summed E-state index contributed by atoms with van der Waals surface area (Å²) in [6.45, 7) is 5.72. The topological polar surface area (TPSA) is 40.5 Å². The highest BCUT2D eigenvalue weighted by Crippen LogP contribution is 2.25. The van der Waals surface area contributed by atoms with E-state index in [-0.39, 0.29) is 0 Å². The Bertz CT molecular complexity index is 563. The van der Waals surface area contributed by atoms with Gasteiger partial charge in [0.1, 0.15) is 4.88 Å². The lowest BCUT2D eigenvalue weighted by Gasteiger charge is -2.23. The Kier molecular flexibility index (Phi) is 4.22. The van der Waals surface area contributed by atoms with Crippen molar-refractivity contribution < 1.29 is 9.90 Å². The summed E-state index contributed by atoms with van der Waals surface area (Å²) >= 11 is 1.34. The van der Waals surface area contributed by atoms with Gasteiger partial charge in [-0.1, -0.05) is 18.2 Å². The van der Waals surface area contributed by atoms with Crippen molar-refractivity contribution in [2.75, 3.05) is 11.4 Å². The fourth-order valence-corrected chi connectivity index (χ4v) is 2.89. The second kappa shape index (κ2) is 5.89. The Labute approximate surface area is 117 Å². The highest BCUT2D eigenvalue weighted by molar-refractivity contribution is 7.14. The Morgan fingerprint density at radius 3 is 2.53 bits per heavy atom. The summed E-state index contributed by atoms with van der Waals surface area (Å²) in [7, 11) is 0. The van der Waals surface area contributed by atoms with Crippen molar-refractivity contribution in [3.8, 4) is 0 Å². The lowest BCUT2D eigenvalue weighted by atomic mass is 10.2. The van der Waals surface area contributed by atoms with Gasteiger partial charge in [0.05, 0.1) is 0 Å². The van der Waals surface area contributed by atoms with Gasteiger partial charge in [-0.2, -0.15) is 0 Å². The Morgan fingerprint density at radius 2 is 2.00 bits per heavy atom. The van der Waals surface area contributed by atoms with Crippen LogP contribution in [-0.4, -0.2) is 17.6 Å². The molecule has 0 aliphatic heterocycles. The number of carboxylic acids is 1. The van der Waals surface area contributed by atoms with E-state index in [0.717, 1.165) is 29.2 Å². The van der Waals surface area contributed by atoms with Gasteiger partial charge in [-0.05, 0) is 37.6 Å². The molecule has 0 aliphatic rings. The molecule has 0 spiro atoms. The fourth-order valence-electron chi connectivity index (χ4n) is 2.01. The predicted octanol–water partition coefficient (Wildman–Crippen LogP) is 3.78. The number of hydrogen-bond acceptors (Lipinski definition) is 3. The van der Waals surface area contributed by atoms with E-state index in [9.17, 15) is 4.79 Å². The number of benzene rings is 1. The summed E-state index contributed by atoms with van der Waals surface area (Å²) in [5.41, 5.74) is 2.25. The first-order valence-corrected chi connectivity index (χ1v) is 7.06. The molecule has 0 radical (unpaired) electrons. The average molecular weight is 275 g/mol. The van der Waals surface area contributed by atoms with E-state index in [4.69, 9.17) is 5.11 Å². The largest absolute Gasteiger partial charge is 0.477 e.